The number of benzene rings is 1. The molecule has 1 aromatic carbocycles. The average molecular weight is 400 g/mol. The van der Waals surface area contributed by atoms with Crippen LogP contribution < -0.4 is 0 Å². The highest BCUT2D eigenvalue weighted by Crippen LogP contribution is 2.30. The number of hydrogen-bond acceptors (Lipinski definition) is 4. The molecule has 5 nitrogen and oxygen atoms in total. The minimum absolute atomic E-state index is 0.535. The molecule has 1 aliphatic rings. The Morgan fingerprint density at radius 1 is 1.12 bits per heavy atom. The van der Waals surface area contributed by atoms with Gasteiger partial charge in [0.2, 0.25) is 0 Å². The first-order chi connectivity index (χ1) is 11.9. The van der Waals surface area contributed by atoms with Crippen molar-refractivity contribution < 1.29 is 8.42 Å². The van der Waals surface area contributed by atoms with Gasteiger partial charge >= 0.3 is 0 Å². The average Bonchev–Trinajstić information content (AvgIpc) is 3.04. The van der Waals surface area contributed by atoms with Gasteiger partial charge in [-0.05, 0) is 29.8 Å². The third-order valence-corrected chi connectivity index (χ3v) is 7.56. The lowest BCUT2D eigenvalue weighted by Crippen LogP contribution is -2.51. The summed E-state index contributed by atoms with van der Waals surface area (Å²) in [5, 5.41) is 0.741. The van der Waals surface area contributed by atoms with E-state index in [-0.39, 0.29) is 0 Å². The molecule has 1 aliphatic heterocycles. The fourth-order valence-electron chi connectivity index (χ4n) is 2.83. The molecule has 0 N–H and O–H groups in total. The number of piperazine rings is 1. The second-order valence-electron chi connectivity index (χ2n) is 6.24. The maximum atomic E-state index is 12.2. The first-order valence-electron chi connectivity index (χ1n) is 8.11. The second-order valence-corrected chi connectivity index (χ2v) is 9.99. The van der Waals surface area contributed by atoms with Crippen LogP contribution in [0.5, 0.6) is 0 Å². The zero-order chi connectivity index (χ0) is 18.0. The van der Waals surface area contributed by atoms with Crippen molar-refractivity contribution in [3.8, 4) is 10.4 Å². The van der Waals surface area contributed by atoms with E-state index in [1.807, 2.05) is 18.2 Å². The van der Waals surface area contributed by atoms with E-state index in [0.717, 1.165) is 30.2 Å². The predicted molar refractivity (Wildman–Crippen MR) is 104 cm³/mol. The Morgan fingerprint density at radius 3 is 2.48 bits per heavy atom. The van der Waals surface area contributed by atoms with Crippen molar-refractivity contribution in [1.29, 1.82) is 0 Å². The van der Waals surface area contributed by atoms with E-state index in [1.165, 1.54) is 14.1 Å². The molecule has 0 saturated carbocycles. The van der Waals surface area contributed by atoms with E-state index < -0.39 is 10.2 Å². The molecule has 0 spiro atoms. The van der Waals surface area contributed by atoms with Gasteiger partial charge in [0.1, 0.15) is 0 Å². The number of nitrogens with zero attached hydrogens (tertiary/aromatic N) is 3. The van der Waals surface area contributed by atoms with Crippen molar-refractivity contribution in [2.24, 2.45) is 0 Å². The number of hydrogen-bond donors (Lipinski definition) is 0. The van der Waals surface area contributed by atoms with Crippen LogP contribution in [0.15, 0.2) is 36.4 Å². The molecule has 1 saturated heterocycles. The van der Waals surface area contributed by atoms with Crippen molar-refractivity contribution in [3.63, 3.8) is 0 Å². The summed E-state index contributed by atoms with van der Waals surface area (Å²) < 4.78 is 27.2. The van der Waals surface area contributed by atoms with E-state index in [9.17, 15) is 8.42 Å². The number of thiophene rings is 1. The molecule has 1 fully saturated rings. The Labute approximate surface area is 158 Å². The summed E-state index contributed by atoms with van der Waals surface area (Å²) in [6.07, 6.45) is 0. The number of halogens is 1. The summed E-state index contributed by atoms with van der Waals surface area (Å²) in [6, 6.07) is 12.1. The van der Waals surface area contributed by atoms with Crippen molar-refractivity contribution in [3.05, 3.63) is 46.3 Å². The van der Waals surface area contributed by atoms with Gasteiger partial charge in [-0.1, -0.05) is 23.7 Å². The SMILES string of the molecule is CN(C)S(=O)(=O)N1CCN(Cc2ccc(-c3cccc(Cl)c3)s2)CC1. The smallest absolute Gasteiger partial charge is 0.281 e. The third kappa shape index (κ3) is 4.42. The third-order valence-electron chi connectivity index (χ3n) is 4.27. The summed E-state index contributed by atoms with van der Waals surface area (Å²) >= 11 is 7.83. The van der Waals surface area contributed by atoms with Gasteiger partial charge in [-0.3, -0.25) is 4.90 Å². The lowest BCUT2D eigenvalue weighted by Gasteiger charge is -2.34. The Hall–Kier alpha value is -0.960. The maximum absolute atomic E-state index is 12.2. The van der Waals surface area contributed by atoms with Gasteiger partial charge < -0.3 is 0 Å². The quantitative estimate of drug-likeness (QED) is 0.776. The molecule has 0 bridgehead atoms. The molecule has 2 heterocycles. The molecule has 0 aliphatic carbocycles. The molecule has 0 atom stereocenters. The molecule has 25 heavy (non-hydrogen) atoms. The van der Waals surface area contributed by atoms with E-state index in [0.29, 0.717) is 13.1 Å². The van der Waals surface area contributed by atoms with Crippen molar-refractivity contribution in [2.45, 2.75) is 6.54 Å². The van der Waals surface area contributed by atoms with Gasteiger partial charge in [0.15, 0.2) is 0 Å². The molecule has 1 aromatic heterocycles. The molecule has 136 valence electrons. The van der Waals surface area contributed by atoms with Crippen molar-refractivity contribution in [2.75, 3.05) is 40.3 Å². The van der Waals surface area contributed by atoms with Gasteiger partial charge in [-0.15, -0.1) is 11.3 Å². The topological polar surface area (TPSA) is 43.9 Å². The van der Waals surface area contributed by atoms with Crippen LogP contribution in [0.1, 0.15) is 4.88 Å². The van der Waals surface area contributed by atoms with E-state index >= 15 is 0 Å². The van der Waals surface area contributed by atoms with E-state index in [4.69, 9.17) is 11.6 Å². The fourth-order valence-corrected chi connectivity index (χ4v) is 5.15. The van der Waals surface area contributed by atoms with Crippen molar-refractivity contribution in [1.82, 2.24) is 13.5 Å². The van der Waals surface area contributed by atoms with E-state index in [2.05, 4.69) is 23.1 Å². The van der Waals surface area contributed by atoms with Crippen LogP contribution in [-0.4, -0.2) is 62.2 Å². The zero-order valence-corrected chi connectivity index (χ0v) is 16.7. The minimum Gasteiger partial charge on any atom is -0.296 e. The molecule has 0 unspecified atom stereocenters. The Kier molecular flexibility index (Phi) is 5.82. The van der Waals surface area contributed by atoms with Crippen LogP contribution in [0.3, 0.4) is 0 Å². The predicted octanol–water partition coefficient (Wildman–Crippen LogP) is 2.99. The van der Waals surface area contributed by atoms with Gasteiger partial charge in [0.25, 0.3) is 10.2 Å². The maximum Gasteiger partial charge on any atom is 0.281 e. The van der Waals surface area contributed by atoms with Gasteiger partial charge in [-0.25, -0.2) is 0 Å². The summed E-state index contributed by atoms with van der Waals surface area (Å²) in [4.78, 5) is 4.78. The molecule has 2 aromatic rings. The highest BCUT2D eigenvalue weighted by atomic mass is 35.5. The largest absolute Gasteiger partial charge is 0.296 e. The van der Waals surface area contributed by atoms with Gasteiger partial charge in [0.05, 0.1) is 0 Å². The molecule has 3 rings (SSSR count). The van der Waals surface area contributed by atoms with Crippen LogP contribution in [0.4, 0.5) is 0 Å². The molecular formula is C17H22ClN3O2S2. The molecule has 0 amide bonds. The summed E-state index contributed by atoms with van der Waals surface area (Å²) in [5.74, 6) is 0. The van der Waals surface area contributed by atoms with Crippen LogP contribution >= 0.6 is 22.9 Å². The van der Waals surface area contributed by atoms with Crippen LogP contribution in [0.2, 0.25) is 5.02 Å². The second kappa shape index (κ2) is 7.73. The molecule has 0 radical (unpaired) electrons. The Balaban J connectivity index is 1.60. The highest BCUT2D eigenvalue weighted by molar-refractivity contribution is 7.86. The van der Waals surface area contributed by atoms with Crippen molar-refractivity contribution >= 4 is 33.1 Å². The van der Waals surface area contributed by atoms with Crippen LogP contribution in [0.25, 0.3) is 10.4 Å². The first-order valence-corrected chi connectivity index (χ1v) is 10.7. The fraction of sp³-hybridized carbons (Fsp3) is 0.412. The van der Waals surface area contributed by atoms with Crippen LogP contribution in [-0.2, 0) is 16.8 Å². The Morgan fingerprint density at radius 2 is 1.84 bits per heavy atom. The lowest BCUT2D eigenvalue weighted by molar-refractivity contribution is 0.178. The van der Waals surface area contributed by atoms with Gasteiger partial charge in [0, 0.05) is 61.6 Å². The zero-order valence-electron chi connectivity index (χ0n) is 14.4. The summed E-state index contributed by atoms with van der Waals surface area (Å²) in [5.41, 5.74) is 1.13. The summed E-state index contributed by atoms with van der Waals surface area (Å²) in [6.45, 7) is 3.41. The van der Waals surface area contributed by atoms with Crippen LogP contribution in [0, 0.1) is 0 Å². The standard InChI is InChI=1S/C17H22ClN3O2S2/c1-19(2)25(22,23)21-10-8-20(9-11-21)13-16-6-7-17(24-16)14-4-3-5-15(18)12-14/h3-7,12H,8-11,13H2,1-2H3. The molecular weight excluding hydrogens is 378 g/mol. The minimum atomic E-state index is -3.30. The number of rotatable bonds is 5. The Bertz CT molecular complexity index is 828. The first kappa shape index (κ1) is 18.8. The lowest BCUT2D eigenvalue weighted by atomic mass is 10.2. The van der Waals surface area contributed by atoms with Gasteiger partial charge in [-0.2, -0.15) is 17.0 Å². The van der Waals surface area contributed by atoms with E-state index in [1.54, 1.807) is 29.7 Å². The highest BCUT2D eigenvalue weighted by Gasteiger charge is 2.28. The normalized spacial score (nSPS) is 17.3. The molecule has 8 heteroatoms. The monoisotopic (exact) mass is 399 g/mol. The summed E-state index contributed by atoms with van der Waals surface area (Å²) in [7, 11) is -0.154.